The largest absolute Gasteiger partial charge is 0.486 e. The first-order valence-corrected chi connectivity index (χ1v) is 5.49. The molecule has 1 aromatic heterocycles. The smallest absolute Gasteiger partial charge is 0.225 e. The Kier molecular flexibility index (Phi) is 2.25. The Bertz CT molecular complexity index is 619. The fraction of sp³-hybridized carbons (Fsp3) is 0.200. The van der Waals surface area contributed by atoms with E-state index in [0.717, 1.165) is 11.4 Å². The van der Waals surface area contributed by atoms with E-state index in [4.69, 9.17) is 27.4 Å². The molecule has 88 valence electrons. The Balaban J connectivity index is 2.13. The van der Waals surface area contributed by atoms with Crippen LogP contribution in [0.25, 0.3) is 5.69 Å². The average Bonchev–Trinajstić information content (AvgIpc) is 2.68. The van der Waals surface area contributed by atoms with Crippen LogP contribution in [0.1, 0.15) is 0 Å². The Hall–Kier alpha value is -2.02. The number of nitrogens with one attached hydrogen (secondary N) is 1. The summed E-state index contributed by atoms with van der Waals surface area (Å²) in [5.74, 6) is 1.73. The Morgan fingerprint density at radius 1 is 1.29 bits per heavy atom. The van der Waals surface area contributed by atoms with Crippen LogP contribution in [0.3, 0.4) is 0 Å². The fourth-order valence-electron chi connectivity index (χ4n) is 1.73. The van der Waals surface area contributed by atoms with E-state index in [1.54, 1.807) is 4.57 Å². The fourth-order valence-corrected chi connectivity index (χ4v) is 1.97. The van der Waals surface area contributed by atoms with Crippen molar-refractivity contribution in [3.05, 3.63) is 23.0 Å². The molecular formula is C10H10N4O2S. The number of fused-ring (bicyclic) bond motifs is 1. The first-order chi connectivity index (χ1) is 8.25. The number of hydrogen-bond donors (Lipinski definition) is 2. The van der Waals surface area contributed by atoms with Crippen LogP contribution in [0.2, 0.25) is 0 Å². The third-order valence-electron chi connectivity index (χ3n) is 2.48. The molecule has 1 aliphatic heterocycles. The predicted octanol–water partition coefficient (Wildman–Crippen LogP) is 1.28. The van der Waals surface area contributed by atoms with Gasteiger partial charge in [-0.3, -0.25) is 4.57 Å². The van der Waals surface area contributed by atoms with Crippen molar-refractivity contribution in [2.24, 2.45) is 0 Å². The Morgan fingerprint density at radius 3 is 2.76 bits per heavy atom. The maximum atomic E-state index is 5.73. The molecule has 3 rings (SSSR count). The summed E-state index contributed by atoms with van der Waals surface area (Å²) in [6.45, 7) is 1.11. The van der Waals surface area contributed by atoms with Gasteiger partial charge >= 0.3 is 0 Å². The van der Waals surface area contributed by atoms with E-state index < -0.39 is 0 Å². The molecule has 17 heavy (non-hydrogen) atoms. The van der Waals surface area contributed by atoms with Gasteiger partial charge in [0.25, 0.3) is 0 Å². The number of rotatable bonds is 1. The number of aromatic nitrogens is 3. The summed E-state index contributed by atoms with van der Waals surface area (Å²) in [4.78, 5) is 0. The van der Waals surface area contributed by atoms with Crippen LogP contribution < -0.4 is 15.2 Å². The molecule has 6 nitrogen and oxygen atoms in total. The Morgan fingerprint density at radius 2 is 2.06 bits per heavy atom. The second-order valence-corrected chi connectivity index (χ2v) is 3.94. The summed E-state index contributed by atoms with van der Waals surface area (Å²) in [6.07, 6.45) is 0. The van der Waals surface area contributed by atoms with Gasteiger partial charge in [0.05, 0.1) is 5.69 Å². The molecule has 0 radical (unpaired) electrons. The zero-order valence-electron chi connectivity index (χ0n) is 8.84. The quantitative estimate of drug-likeness (QED) is 0.745. The highest BCUT2D eigenvalue weighted by Crippen LogP contribution is 2.32. The van der Waals surface area contributed by atoms with E-state index in [2.05, 4.69) is 10.2 Å². The van der Waals surface area contributed by atoms with E-state index in [0.29, 0.717) is 29.7 Å². The summed E-state index contributed by atoms with van der Waals surface area (Å²) in [6, 6.07) is 5.52. The molecule has 1 aromatic carbocycles. The minimum atomic E-state index is 0.312. The third-order valence-corrected chi connectivity index (χ3v) is 2.76. The van der Waals surface area contributed by atoms with Crippen molar-refractivity contribution in [1.29, 1.82) is 0 Å². The van der Waals surface area contributed by atoms with E-state index in [1.807, 2.05) is 18.2 Å². The van der Waals surface area contributed by atoms with E-state index in [-0.39, 0.29) is 0 Å². The molecule has 0 saturated carbocycles. The van der Waals surface area contributed by atoms with E-state index in [9.17, 15) is 0 Å². The molecule has 0 atom stereocenters. The molecule has 0 unspecified atom stereocenters. The van der Waals surface area contributed by atoms with Crippen LogP contribution in [0.15, 0.2) is 18.2 Å². The monoisotopic (exact) mass is 250 g/mol. The number of H-pyrrole nitrogens is 1. The highest BCUT2D eigenvalue weighted by molar-refractivity contribution is 7.71. The normalized spacial score (nSPS) is 13.6. The zero-order valence-corrected chi connectivity index (χ0v) is 9.66. The van der Waals surface area contributed by atoms with Gasteiger partial charge in [0.1, 0.15) is 13.2 Å². The zero-order chi connectivity index (χ0) is 11.8. The van der Waals surface area contributed by atoms with E-state index in [1.165, 1.54) is 0 Å². The van der Waals surface area contributed by atoms with Gasteiger partial charge in [0.2, 0.25) is 10.7 Å². The van der Waals surface area contributed by atoms with Crippen LogP contribution in [-0.2, 0) is 0 Å². The molecule has 2 aromatic rings. The van der Waals surface area contributed by atoms with E-state index >= 15 is 0 Å². The molecule has 0 bridgehead atoms. The summed E-state index contributed by atoms with van der Waals surface area (Å²) >= 11 is 5.10. The van der Waals surface area contributed by atoms with Crippen LogP contribution in [-0.4, -0.2) is 28.0 Å². The first-order valence-electron chi connectivity index (χ1n) is 5.08. The molecule has 2 heterocycles. The lowest BCUT2D eigenvalue weighted by atomic mass is 10.2. The molecule has 0 saturated heterocycles. The number of hydrogen-bond acceptors (Lipinski definition) is 5. The molecular weight excluding hydrogens is 240 g/mol. The predicted molar refractivity (Wildman–Crippen MR) is 64.2 cm³/mol. The summed E-state index contributed by atoms with van der Waals surface area (Å²) in [5, 5.41) is 6.49. The van der Waals surface area contributed by atoms with Crippen molar-refractivity contribution in [2.75, 3.05) is 18.9 Å². The van der Waals surface area contributed by atoms with Crippen molar-refractivity contribution >= 4 is 18.2 Å². The van der Waals surface area contributed by atoms with Gasteiger partial charge in [-0.1, -0.05) is 0 Å². The molecule has 0 aliphatic carbocycles. The van der Waals surface area contributed by atoms with Gasteiger partial charge in [0.15, 0.2) is 11.5 Å². The van der Waals surface area contributed by atoms with Gasteiger partial charge in [-0.2, -0.15) is 0 Å². The van der Waals surface area contributed by atoms with Crippen molar-refractivity contribution in [3.8, 4) is 17.2 Å². The highest BCUT2D eigenvalue weighted by Gasteiger charge is 2.13. The minimum absolute atomic E-state index is 0.312. The number of aromatic amines is 1. The highest BCUT2D eigenvalue weighted by atomic mass is 32.1. The SMILES string of the molecule is Nc1n[nH]c(=S)n1-c1ccc2c(c1)OCCO2. The van der Waals surface area contributed by atoms with Gasteiger partial charge in [-0.25, -0.2) is 5.10 Å². The second kappa shape index (κ2) is 3.77. The van der Waals surface area contributed by atoms with Crippen molar-refractivity contribution in [1.82, 2.24) is 14.8 Å². The van der Waals surface area contributed by atoms with Gasteiger partial charge in [-0.15, -0.1) is 5.10 Å². The minimum Gasteiger partial charge on any atom is -0.486 e. The maximum Gasteiger partial charge on any atom is 0.225 e. The summed E-state index contributed by atoms with van der Waals surface area (Å²) in [5.41, 5.74) is 6.53. The maximum absolute atomic E-state index is 5.73. The molecule has 0 amide bonds. The standard InChI is InChI=1S/C10H10N4O2S/c11-9-12-13-10(17)14(9)6-1-2-7-8(5-6)16-4-3-15-7/h1-2,5H,3-4H2,(H2,11,12)(H,13,17). The van der Waals surface area contributed by atoms with Crippen LogP contribution in [0.5, 0.6) is 11.5 Å². The lowest BCUT2D eigenvalue weighted by Gasteiger charge is -2.19. The van der Waals surface area contributed by atoms with Gasteiger partial charge in [-0.05, 0) is 24.4 Å². The number of nitrogens with two attached hydrogens (primary N) is 1. The summed E-state index contributed by atoms with van der Waals surface area (Å²) < 4.78 is 13.0. The molecule has 0 fully saturated rings. The van der Waals surface area contributed by atoms with Gasteiger partial charge in [0, 0.05) is 6.07 Å². The first kappa shape index (κ1) is 10.2. The average molecular weight is 250 g/mol. The second-order valence-electron chi connectivity index (χ2n) is 3.55. The number of nitrogens with zero attached hydrogens (tertiary/aromatic N) is 2. The number of anilines is 1. The van der Waals surface area contributed by atoms with Gasteiger partial charge < -0.3 is 15.2 Å². The molecule has 3 N–H and O–H groups in total. The van der Waals surface area contributed by atoms with Crippen LogP contribution >= 0.6 is 12.2 Å². The third kappa shape index (κ3) is 1.64. The molecule has 0 spiro atoms. The van der Waals surface area contributed by atoms with Crippen LogP contribution in [0, 0.1) is 4.77 Å². The lowest BCUT2D eigenvalue weighted by molar-refractivity contribution is 0.171. The number of benzene rings is 1. The topological polar surface area (TPSA) is 78.1 Å². The van der Waals surface area contributed by atoms with Crippen molar-refractivity contribution in [3.63, 3.8) is 0 Å². The molecule has 7 heteroatoms. The number of ether oxygens (including phenoxy) is 2. The Labute approximate surface area is 102 Å². The molecule has 1 aliphatic rings. The summed E-state index contributed by atoms with van der Waals surface area (Å²) in [7, 11) is 0. The lowest BCUT2D eigenvalue weighted by Crippen LogP contribution is -2.15. The van der Waals surface area contributed by atoms with Crippen LogP contribution in [0.4, 0.5) is 5.95 Å². The van der Waals surface area contributed by atoms with Crippen molar-refractivity contribution < 1.29 is 9.47 Å². The number of nitrogen functional groups attached to an aromatic ring is 1. The van der Waals surface area contributed by atoms with Crippen molar-refractivity contribution in [2.45, 2.75) is 0 Å².